The van der Waals surface area contributed by atoms with Gasteiger partial charge in [0.15, 0.2) is 0 Å². The van der Waals surface area contributed by atoms with Crippen LogP contribution in [0.4, 0.5) is 0 Å². The van der Waals surface area contributed by atoms with Gasteiger partial charge in [0.2, 0.25) is 10.0 Å². The third-order valence-corrected chi connectivity index (χ3v) is 7.62. The van der Waals surface area contributed by atoms with Crippen LogP contribution >= 0.6 is 0 Å². The molecule has 0 aromatic heterocycles. The van der Waals surface area contributed by atoms with Crippen LogP contribution in [0.3, 0.4) is 0 Å². The average Bonchev–Trinajstić information content (AvgIpc) is 2.61. The first-order chi connectivity index (χ1) is 13.2. The van der Waals surface area contributed by atoms with E-state index in [-0.39, 0.29) is 10.8 Å². The van der Waals surface area contributed by atoms with Crippen LogP contribution in [0.25, 0.3) is 0 Å². The standard InChI is InChI=1S/C21H35N3O3S/c1-6-24(7-2)28(26,27)20-13-19(9-8-18(20)5)21(25)22-10-11-23-14-16(3)12-17(4)15-23/h8-9,13,16-17H,6-7,10-12,14-15H2,1-5H3,(H,22,25). The highest BCUT2D eigenvalue weighted by molar-refractivity contribution is 7.89. The number of sulfonamides is 1. The van der Waals surface area contributed by atoms with Crippen molar-refractivity contribution in [1.29, 1.82) is 0 Å². The molecule has 1 saturated heterocycles. The van der Waals surface area contributed by atoms with Crippen LogP contribution in [0.15, 0.2) is 23.1 Å². The predicted octanol–water partition coefficient (Wildman–Crippen LogP) is 2.73. The van der Waals surface area contributed by atoms with Crippen molar-refractivity contribution in [2.24, 2.45) is 11.8 Å². The average molecular weight is 410 g/mol. The number of carbonyl (C=O) groups is 1. The molecule has 6 nitrogen and oxygen atoms in total. The number of nitrogens with one attached hydrogen (secondary N) is 1. The van der Waals surface area contributed by atoms with Crippen LogP contribution in [0.5, 0.6) is 0 Å². The smallest absolute Gasteiger partial charge is 0.251 e. The summed E-state index contributed by atoms with van der Waals surface area (Å²) in [5, 5.41) is 2.94. The summed E-state index contributed by atoms with van der Waals surface area (Å²) in [5.41, 5.74) is 1.04. The topological polar surface area (TPSA) is 69.7 Å². The summed E-state index contributed by atoms with van der Waals surface area (Å²) >= 11 is 0. The van der Waals surface area contributed by atoms with Crippen LogP contribution in [-0.2, 0) is 10.0 Å². The molecule has 1 fully saturated rings. The van der Waals surface area contributed by atoms with Crippen molar-refractivity contribution >= 4 is 15.9 Å². The Labute approximate surface area is 170 Å². The molecule has 2 atom stereocenters. The van der Waals surface area contributed by atoms with Gasteiger partial charge in [-0.1, -0.05) is 33.8 Å². The van der Waals surface area contributed by atoms with Gasteiger partial charge in [0, 0.05) is 44.8 Å². The molecule has 28 heavy (non-hydrogen) atoms. The number of hydrogen-bond acceptors (Lipinski definition) is 4. The van der Waals surface area contributed by atoms with Gasteiger partial charge in [0.25, 0.3) is 5.91 Å². The molecule has 2 unspecified atom stereocenters. The molecule has 1 heterocycles. The predicted molar refractivity (Wildman–Crippen MR) is 113 cm³/mol. The number of benzene rings is 1. The first kappa shape index (κ1) is 22.8. The Morgan fingerprint density at radius 1 is 1.18 bits per heavy atom. The van der Waals surface area contributed by atoms with Crippen molar-refractivity contribution in [3.63, 3.8) is 0 Å². The molecule has 0 saturated carbocycles. The fraction of sp³-hybridized carbons (Fsp3) is 0.667. The lowest BCUT2D eigenvalue weighted by Crippen LogP contribution is -2.42. The van der Waals surface area contributed by atoms with E-state index < -0.39 is 10.0 Å². The number of likely N-dealkylation sites (tertiary alicyclic amines) is 1. The SMILES string of the molecule is CCN(CC)S(=O)(=O)c1cc(C(=O)NCCN2CC(C)CC(C)C2)ccc1C. The van der Waals surface area contributed by atoms with Gasteiger partial charge in [0.05, 0.1) is 4.90 Å². The van der Waals surface area contributed by atoms with Gasteiger partial charge < -0.3 is 10.2 Å². The van der Waals surface area contributed by atoms with Crippen molar-refractivity contribution in [1.82, 2.24) is 14.5 Å². The number of aryl methyl sites for hydroxylation is 1. The molecular weight excluding hydrogens is 374 g/mol. The minimum atomic E-state index is -3.59. The van der Waals surface area contributed by atoms with Gasteiger partial charge in [-0.25, -0.2) is 8.42 Å². The zero-order valence-electron chi connectivity index (χ0n) is 17.9. The van der Waals surface area contributed by atoms with E-state index in [1.165, 1.54) is 16.8 Å². The Morgan fingerprint density at radius 3 is 2.36 bits per heavy atom. The summed E-state index contributed by atoms with van der Waals surface area (Å²) in [4.78, 5) is 15.2. The van der Waals surface area contributed by atoms with Crippen molar-refractivity contribution in [3.8, 4) is 0 Å². The molecule has 1 aliphatic rings. The maximum atomic E-state index is 12.9. The summed E-state index contributed by atoms with van der Waals surface area (Å²) < 4.78 is 27.1. The second-order valence-corrected chi connectivity index (χ2v) is 9.94. The van der Waals surface area contributed by atoms with E-state index in [4.69, 9.17) is 0 Å². The Kier molecular flexibility index (Phi) is 8.04. The van der Waals surface area contributed by atoms with Crippen LogP contribution in [0, 0.1) is 18.8 Å². The minimum Gasteiger partial charge on any atom is -0.351 e. The molecule has 1 amide bonds. The Balaban J connectivity index is 2.04. The van der Waals surface area contributed by atoms with Gasteiger partial charge in [0.1, 0.15) is 0 Å². The minimum absolute atomic E-state index is 0.211. The Bertz CT molecular complexity index is 765. The van der Waals surface area contributed by atoms with Gasteiger partial charge in [-0.2, -0.15) is 4.31 Å². The summed E-state index contributed by atoms with van der Waals surface area (Å²) in [7, 11) is -3.59. The van der Waals surface area contributed by atoms with E-state index in [1.807, 2.05) is 13.8 Å². The van der Waals surface area contributed by atoms with Crippen LogP contribution in [0.2, 0.25) is 0 Å². The lowest BCUT2D eigenvalue weighted by molar-refractivity contribution is 0.0936. The summed E-state index contributed by atoms with van der Waals surface area (Å²) in [5.74, 6) is 1.14. The summed E-state index contributed by atoms with van der Waals surface area (Å²) in [6.45, 7) is 14.2. The number of hydrogen-bond donors (Lipinski definition) is 1. The van der Waals surface area contributed by atoms with Gasteiger partial charge in [-0.15, -0.1) is 0 Å². The highest BCUT2D eigenvalue weighted by atomic mass is 32.2. The molecule has 158 valence electrons. The molecule has 7 heteroatoms. The first-order valence-electron chi connectivity index (χ1n) is 10.3. The zero-order chi connectivity index (χ0) is 20.9. The molecule has 1 aromatic rings. The van der Waals surface area contributed by atoms with Gasteiger partial charge in [-0.3, -0.25) is 4.79 Å². The van der Waals surface area contributed by atoms with Gasteiger partial charge >= 0.3 is 0 Å². The largest absolute Gasteiger partial charge is 0.351 e. The fourth-order valence-corrected chi connectivity index (χ4v) is 5.83. The monoisotopic (exact) mass is 409 g/mol. The van der Waals surface area contributed by atoms with Crippen LogP contribution in [-0.4, -0.2) is 62.8 Å². The number of piperidine rings is 1. The number of amides is 1. The van der Waals surface area contributed by atoms with Gasteiger partial charge in [-0.05, 0) is 42.9 Å². The Hall–Kier alpha value is -1.44. The third kappa shape index (κ3) is 5.55. The molecule has 1 aromatic carbocycles. The normalized spacial score (nSPS) is 21.1. The lowest BCUT2D eigenvalue weighted by atomic mass is 9.92. The van der Waals surface area contributed by atoms with Crippen LogP contribution < -0.4 is 5.32 Å². The van der Waals surface area contributed by atoms with E-state index in [9.17, 15) is 13.2 Å². The third-order valence-electron chi connectivity index (χ3n) is 5.43. The van der Waals surface area contributed by atoms with Crippen LogP contribution in [0.1, 0.15) is 50.0 Å². The maximum absolute atomic E-state index is 12.9. The second kappa shape index (κ2) is 9.85. The lowest BCUT2D eigenvalue weighted by Gasteiger charge is -2.34. The van der Waals surface area contributed by atoms with E-state index in [1.54, 1.807) is 19.1 Å². The van der Waals surface area contributed by atoms with E-state index in [0.717, 1.165) is 19.6 Å². The van der Waals surface area contributed by atoms with Crippen molar-refractivity contribution in [2.75, 3.05) is 39.3 Å². The van der Waals surface area contributed by atoms with E-state index in [0.29, 0.717) is 42.6 Å². The molecule has 0 radical (unpaired) electrons. The molecule has 1 aliphatic heterocycles. The van der Waals surface area contributed by atoms with Crippen molar-refractivity contribution < 1.29 is 13.2 Å². The number of carbonyl (C=O) groups excluding carboxylic acids is 1. The Morgan fingerprint density at radius 2 is 1.79 bits per heavy atom. The van der Waals surface area contributed by atoms with E-state index >= 15 is 0 Å². The number of rotatable bonds is 8. The highest BCUT2D eigenvalue weighted by Crippen LogP contribution is 2.22. The van der Waals surface area contributed by atoms with Crippen molar-refractivity contribution in [3.05, 3.63) is 29.3 Å². The molecule has 0 bridgehead atoms. The molecular formula is C21H35N3O3S. The molecule has 0 spiro atoms. The summed E-state index contributed by atoms with van der Waals surface area (Å²) in [6, 6.07) is 4.90. The fourth-order valence-electron chi connectivity index (χ4n) is 4.13. The second-order valence-electron chi connectivity index (χ2n) is 8.03. The molecule has 2 rings (SSSR count). The quantitative estimate of drug-likeness (QED) is 0.717. The summed E-state index contributed by atoms with van der Waals surface area (Å²) in [6.07, 6.45) is 1.26. The highest BCUT2D eigenvalue weighted by Gasteiger charge is 2.25. The molecule has 0 aliphatic carbocycles. The maximum Gasteiger partial charge on any atom is 0.251 e. The van der Waals surface area contributed by atoms with Crippen molar-refractivity contribution in [2.45, 2.75) is 45.9 Å². The number of nitrogens with zero attached hydrogens (tertiary/aromatic N) is 2. The van der Waals surface area contributed by atoms with E-state index in [2.05, 4.69) is 24.1 Å². The molecule has 1 N–H and O–H groups in total. The zero-order valence-corrected chi connectivity index (χ0v) is 18.7. The first-order valence-corrected chi connectivity index (χ1v) is 11.7.